The molecule has 7 nitrogen and oxygen atoms in total. The van der Waals surface area contributed by atoms with E-state index in [1.54, 1.807) is 19.2 Å². The predicted octanol–water partition coefficient (Wildman–Crippen LogP) is 3.68. The van der Waals surface area contributed by atoms with Gasteiger partial charge >= 0.3 is 0 Å². The highest BCUT2D eigenvalue weighted by molar-refractivity contribution is 5.98. The maximum Gasteiger partial charge on any atom is 0.247 e. The van der Waals surface area contributed by atoms with Crippen LogP contribution in [0.25, 0.3) is 0 Å². The average molecular weight is 418 g/mol. The molecular weight excluding hydrogens is 392 g/mol. The lowest BCUT2D eigenvalue weighted by Crippen LogP contribution is -2.29. The number of nitrogens with two attached hydrogens (primary N) is 1. The highest BCUT2D eigenvalue weighted by atomic mass is 16.5. The number of nitrogens with one attached hydrogen (secondary N) is 1. The van der Waals surface area contributed by atoms with Gasteiger partial charge < -0.3 is 20.5 Å². The SMILES string of the molecule is COc1cc(C#N)ccc1[C@@H]1C(C(N)=O)=C(C)Nc2c(C)c(C)nc(OCC3CC3)c21. The van der Waals surface area contributed by atoms with Crippen molar-refractivity contribution in [3.05, 3.63) is 57.4 Å². The first-order valence-corrected chi connectivity index (χ1v) is 10.3. The molecule has 1 fully saturated rings. The van der Waals surface area contributed by atoms with E-state index in [0.29, 0.717) is 41.0 Å². The van der Waals surface area contributed by atoms with E-state index in [0.717, 1.165) is 40.9 Å². The molecule has 7 heteroatoms. The molecule has 1 atom stereocenters. The van der Waals surface area contributed by atoms with Crippen LogP contribution in [-0.2, 0) is 4.79 Å². The fraction of sp³-hybridized carbons (Fsp3) is 0.375. The molecule has 0 bridgehead atoms. The fourth-order valence-corrected chi connectivity index (χ4v) is 4.08. The van der Waals surface area contributed by atoms with E-state index in [-0.39, 0.29) is 0 Å². The zero-order valence-electron chi connectivity index (χ0n) is 18.2. The van der Waals surface area contributed by atoms with Crippen LogP contribution >= 0.6 is 0 Å². The molecule has 0 unspecified atom stereocenters. The fourth-order valence-electron chi connectivity index (χ4n) is 4.08. The number of carbonyl (C=O) groups excluding carboxylic acids is 1. The lowest BCUT2D eigenvalue weighted by molar-refractivity contribution is -0.114. The number of rotatable bonds is 6. The number of hydrogen-bond acceptors (Lipinski definition) is 6. The van der Waals surface area contributed by atoms with Gasteiger partial charge in [-0.2, -0.15) is 5.26 Å². The van der Waals surface area contributed by atoms with Gasteiger partial charge in [0.25, 0.3) is 0 Å². The number of amides is 1. The van der Waals surface area contributed by atoms with Crippen LogP contribution in [0.5, 0.6) is 11.6 Å². The Hall–Kier alpha value is -3.53. The van der Waals surface area contributed by atoms with Gasteiger partial charge in [0.05, 0.1) is 42.5 Å². The van der Waals surface area contributed by atoms with E-state index in [2.05, 4.69) is 11.4 Å². The summed E-state index contributed by atoms with van der Waals surface area (Å²) in [6, 6.07) is 7.33. The van der Waals surface area contributed by atoms with Gasteiger partial charge in [-0.3, -0.25) is 4.79 Å². The van der Waals surface area contributed by atoms with Crippen LogP contribution in [0.2, 0.25) is 0 Å². The first-order chi connectivity index (χ1) is 14.8. The molecule has 31 heavy (non-hydrogen) atoms. The minimum Gasteiger partial charge on any atom is -0.496 e. The Bertz CT molecular complexity index is 1140. The molecule has 1 aliphatic heterocycles. The zero-order valence-corrected chi connectivity index (χ0v) is 18.2. The maximum absolute atomic E-state index is 12.6. The van der Waals surface area contributed by atoms with Crippen molar-refractivity contribution in [3.8, 4) is 17.7 Å². The largest absolute Gasteiger partial charge is 0.496 e. The molecule has 2 aliphatic rings. The van der Waals surface area contributed by atoms with Crippen LogP contribution in [0.4, 0.5) is 5.69 Å². The molecule has 0 saturated heterocycles. The molecule has 0 radical (unpaired) electrons. The number of allylic oxidation sites excluding steroid dienone is 1. The minimum absolute atomic E-state index is 0.428. The second-order valence-electron chi connectivity index (χ2n) is 8.20. The third-order valence-electron chi connectivity index (χ3n) is 6.07. The first-order valence-electron chi connectivity index (χ1n) is 10.3. The quantitative estimate of drug-likeness (QED) is 0.740. The molecule has 2 aromatic rings. The number of nitriles is 1. The van der Waals surface area contributed by atoms with Crippen LogP contribution in [-0.4, -0.2) is 24.6 Å². The Kier molecular flexibility index (Phi) is 5.32. The zero-order chi connectivity index (χ0) is 22.3. The van der Waals surface area contributed by atoms with Crippen molar-refractivity contribution >= 4 is 11.6 Å². The number of primary amides is 1. The lowest BCUT2D eigenvalue weighted by Gasteiger charge is -2.33. The number of methoxy groups -OCH3 is 1. The Balaban J connectivity index is 1.98. The van der Waals surface area contributed by atoms with Crippen molar-refractivity contribution in [1.82, 2.24) is 4.98 Å². The van der Waals surface area contributed by atoms with Gasteiger partial charge in [0.15, 0.2) is 0 Å². The van der Waals surface area contributed by atoms with Gasteiger partial charge in [0, 0.05) is 22.5 Å². The topological polar surface area (TPSA) is 110 Å². The van der Waals surface area contributed by atoms with Crippen LogP contribution in [0, 0.1) is 31.1 Å². The van der Waals surface area contributed by atoms with Crippen molar-refractivity contribution in [2.75, 3.05) is 19.0 Å². The average Bonchev–Trinajstić information content (AvgIpc) is 3.58. The predicted molar refractivity (Wildman–Crippen MR) is 117 cm³/mol. The number of anilines is 1. The van der Waals surface area contributed by atoms with E-state index >= 15 is 0 Å². The minimum atomic E-state index is -0.530. The number of benzene rings is 1. The third-order valence-corrected chi connectivity index (χ3v) is 6.07. The maximum atomic E-state index is 12.6. The van der Waals surface area contributed by atoms with Crippen molar-refractivity contribution in [2.45, 2.75) is 39.5 Å². The van der Waals surface area contributed by atoms with Crippen molar-refractivity contribution in [1.29, 1.82) is 5.26 Å². The third kappa shape index (κ3) is 3.70. The van der Waals surface area contributed by atoms with Gasteiger partial charge in [-0.25, -0.2) is 4.98 Å². The van der Waals surface area contributed by atoms with E-state index in [9.17, 15) is 10.1 Å². The van der Waals surface area contributed by atoms with Gasteiger partial charge in [-0.1, -0.05) is 6.07 Å². The second kappa shape index (κ2) is 7.95. The molecule has 1 aromatic carbocycles. The lowest BCUT2D eigenvalue weighted by atomic mass is 9.79. The van der Waals surface area contributed by atoms with Gasteiger partial charge in [0.1, 0.15) is 5.75 Å². The summed E-state index contributed by atoms with van der Waals surface area (Å²) >= 11 is 0. The summed E-state index contributed by atoms with van der Waals surface area (Å²) in [5.41, 5.74) is 11.6. The summed E-state index contributed by atoms with van der Waals surface area (Å²) < 4.78 is 11.8. The number of aromatic nitrogens is 1. The van der Waals surface area contributed by atoms with Crippen LogP contribution in [0.3, 0.4) is 0 Å². The molecule has 1 amide bonds. The van der Waals surface area contributed by atoms with Gasteiger partial charge in [-0.15, -0.1) is 0 Å². The number of pyridine rings is 1. The van der Waals surface area contributed by atoms with Gasteiger partial charge in [-0.05, 0) is 57.2 Å². The Morgan fingerprint density at radius 3 is 2.68 bits per heavy atom. The summed E-state index contributed by atoms with van der Waals surface area (Å²) in [7, 11) is 1.55. The molecule has 0 spiro atoms. The number of nitrogens with zero attached hydrogens (tertiary/aromatic N) is 2. The highest BCUT2D eigenvalue weighted by Crippen LogP contribution is 2.49. The Labute approximate surface area is 181 Å². The summed E-state index contributed by atoms with van der Waals surface area (Å²) in [5, 5.41) is 12.7. The summed E-state index contributed by atoms with van der Waals surface area (Å²) in [5.74, 6) is 0.497. The summed E-state index contributed by atoms with van der Waals surface area (Å²) in [6.45, 7) is 6.37. The smallest absolute Gasteiger partial charge is 0.247 e. The summed E-state index contributed by atoms with van der Waals surface area (Å²) in [4.78, 5) is 17.3. The molecule has 1 saturated carbocycles. The number of fused-ring (bicyclic) bond motifs is 1. The van der Waals surface area contributed by atoms with E-state index in [1.807, 2.05) is 26.8 Å². The van der Waals surface area contributed by atoms with Gasteiger partial charge in [0.2, 0.25) is 11.8 Å². The Morgan fingerprint density at radius 1 is 1.32 bits per heavy atom. The number of hydrogen-bond donors (Lipinski definition) is 2. The molecule has 1 aliphatic carbocycles. The molecule has 4 rings (SSSR count). The standard InChI is InChI=1S/C24H26N4O3/c1-12-13(2)28-24(31-11-15-5-6-15)21-20(19(23(26)29)14(3)27-22(12)21)17-8-7-16(10-25)9-18(17)30-4/h7-9,15,20,27H,5-6,11H2,1-4H3,(H2,26,29)/t20-/m1/s1. The number of aryl methyl sites for hydroxylation is 1. The molecule has 1 aromatic heterocycles. The van der Waals surface area contributed by atoms with E-state index in [1.165, 1.54) is 0 Å². The van der Waals surface area contributed by atoms with Crippen molar-refractivity contribution in [3.63, 3.8) is 0 Å². The normalized spacial score (nSPS) is 17.5. The monoisotopic (exact) mass is 418 g/mol. The van der Waals surface area contributed by atoms with E-state index in [4.69, 9.17) is 20.2 Å². The van der Waals surface area contributed by atoms with Crippen LogP contribution < -0.4 is 20.5 Å². The molecule has 160 valence electrons. The molecular formula is C24H26N4O3. The van der Waals surface area contributed by atoms with Crippen molar-refractivity contribution in [2.24, 2.45) is 11.7 Å². The summed E-state index contributed by atoms with van der Waals surface area (Å²) in [6.07, 6.45) is 2.31. The van der Waals surface area contributed by atoms with Crippen LogP contribution in [0.1, 0.15) is 53.6 Å². The Morgan fingerprint density at radius 2 is 2.06 bits per heavy atom. The first kappa shape index (κ1) is 20.7. The molecule has 2 heterocycles. The number of carbonyl (C=O) groups is 1. The van der Waals surface area contributed by atoms with Crippen LogP contribution in [0.15, 0.2) is 29.5 Å². The number of ether oxygens (including phenoxy) is 2. The highest BCUT2D eigenvalue weighted by Gasteiger charge is 2.38. The second-order valence-corrected chi connectivity index (χ2v) is 8.20. The van der Waals surface area contributed by atoms with Crippen molar-refractivity contribution < 1.29 is 14.3 Å². The molecule has 3 N–H and O–H groups in total. The van der Waals surface area contributed by atoms with E-state index < -0.39 is 11.8 Å².